The Bertz CT molecular complexity index is 272. The minimum Gasteiger partial charge on any atom is -0.491 e. The van der Waals surface area contributed by atoms with Gasteiger partial charge in [0.05, 0.1) is 6.61 Å². The summed E-state index contributed by atoms with van der Waals surface area (Å²) in [6.45, 7) is 1.92. The summed E-state index contributed by atoms with van der Waals surface area (Å²) in [6, 6.07) is 7.52. The Balaban J connectivity index is 2.12. The van der Waals surface area contributed by atoms with Gasteiger partial charge in [0.15, 0.2) is 0 Å². The SMILES string of the molecule is Cc1ccc(OCCOCC(F)F)cc1. The third-order valence-corrected chi connectivity index (χ3v) is 1.76. The molecule has 0 aliphatic heterocycles. The molecule has 0 saturated carbocycles. The molecule has 0 radical (unpaired) electrons. The smallest absolute Gasteiger partial charge is 0.261 e. The van der Waals surface area contributed by atoms with Gasteiger partial charge in [-0.25, -0.2) is 8.78 Å². The van der Waals surface area contributed by atoms with E-state index in [0.29, 0.717) is 0 Å². The van der Waals surface area contributed by atoms with Crippen molar-refractivity contribution in [3.05, 3.63) is 29.8 Å². The van der Waals surface area contributed by atoms with Crippen LogP contribution >= 0.6 is 0 Å². The molecule has 1 aromatic rings. The second-order valence-corrected chi connectivity index (χ2v) is 3.13. The predicted molar refractivity (Wildman–Crippen MR) is 53.5 cm³/mol. The van der Waals surface area contributed by atoms with E-state index >= 15 is 0 Å². The largest absolute Gasteiger partial charge is 0.491 e. The van der Waals surface area contributed by atoms with Crippen molar-refractivity contribution in [2.75, 3.05) is 19.8 Å². The van der Waals surface area contributed by atoms with Gasteiger partial charge in [-0.05, 0) is 19.1 Å². The third kappa shape index (κ3) is 5.32. The van der Waals surface area contributed by atoms with Gasteiger partial charge < -0.3 is 9.47 Å². The fourth-order valence-electron chi connectivity index (χ4n) is 1.03. The van der Waals surface area contributed by atoms with E-state index in [9.17, 15) is 8.78 Å². The molecule has 0 bridgehead atoms. The third-order valence-electron chi connectivity index (χ3n) is 1.76. The summed E-state index contributed by atoms with van der Waals surface area (Å²) in [7, 11) is 0. The quantitative estimate of drug-likeness (QED) is 0.680. The summed E-state index contributed by atoms with van der Waals surface area (Å²) in [6.07, 6.45) is -2.41. The van der Waals surface area contributed by atoms with Crippen LogP contribution in [-0.4, -0.2) is 26.2 Å². The van der Waals surface area contributed by atoms with E-state index in [-0.39, 0.29) is 13.2 Å². The van der Waals surface area contributed by atoms with E-state index in [0.717, 1.165) is 11.3 Å². The number of halogens is 2. The summed E-state index contributed by atoms with van der Waals surface area (Å²) in [5.41, 5.74) is 1.15. The molecular formula is C11H14F2O2. The van der Waals surface area contributed by atoms with E-state index in [1.807, 2.05) is 31.2 Å². The summed E-state index contributed by atoms with van der Waals surface area (Å²) in [5, 5.41) is 0. The van der Waals surface area contributed by atoms with E-state index in [1.54, 1.807) is 0 Å². The van der Waals surface area contributed by atoms with E-state index in [2.05, 4.69) is 4.74 Å². The minimum absolute atomic E-state index is 0.179. The van der Waals surface area contributed by atoms with Crippen LogP contribution < -0.4 is 4.74 Å². The van der Waals surface area contributed by atoms with Crippen LogP contribution in [0.1, 0.15) is 5.56 Å². The maximum Gasteiger partial charge on any atom is 0.261 e. The molecule has 0 amide bonds. The Labute approximate surface area is 87.8 Å². The number of benzene rings is 1. The molecule has 84 valence electrons. The van der Waals surface area contributed by atoms with Crippen LogP contribution in [-0.2, 0) is 4.74 Å². The molecule has 0 aliphatic rings. The Kier molecular flexibility index (Phi) is 5.04. The zero-order valence-corrected chi connectivity index (χ0v) is 8.58. The minimum atomic E-state index is -2.41. The fraction of sp³-hybridized carbons (Fsp3) is 0.455. The van der Waals surface area contributed by atoms with Crippen molar-refractivity contribution in [2.24, 2.45) is 0 Å². The summed E-state index contributed by atoms with van der Waals surface area (Å²) >= 11 is 0. The molecule has 0 fully saturated rings. The number of hydrogen-bond acceptors (Lipinski definition) is 2. The zero-order chi connectivity index (χ0) is 11.1. The van der Waals surface area contributed by atoms with Gasteiger partial charge in [0.2, 0.25) is 0 Å². The lowest BCUT2D eigenvalue weighted by molar-refractivity contribution is 0.00763. The van der Waals surface area contributed by atoms with Gasteiger partial charge in [0.25, 0.3) is 6.43 Å². The van der Waals surface area contributed by atoms with Crippen molar-refractivity contribution in [3.63, 3.8) is 0 Å². The van der Waals surface area contributed by atoms with Crippen molar-refractivity contribution in [2.45, 2.75) is 13.3 Å². The van der Waals surface area contributed by atoms with Crippen molar-refractivity contribution in [1.29, 1.82) is 0 Å². The first-order valence-corrected chi connectivity index (χ1v) is 4.74. The lowest BCUT2D eigenvalue weighted by Gasteiger charge is -2.06. The molecule has 0 unspecified atom stereocenters. The van der Waals surface area contributed by atoms with Crippen molar-refractivity contribution >= 4 is 0 Å². The molecule has 0 saturated heterocycles. The highest BCUT2D eigenvalue weighted by molar-refractivity contribution is 5.26. The first-order chi connectivity index (χ1) is 7.18. The fourth-order valence-corrected chi connectivity index (χ4v) is 1.03. The maximum atomic E-state index is 11.7. The second kappa shape index (κ2) is 6.35. The monoisotopic (exact) mass is 216 g/mol. The van der Waals surface area contributed by atoms with Crippen LogP contribution in [0.15, 0.2) is 24.3 Å². The molecule has 0 aliphatic carbocycles. The Morgan fingerprint density at radius 2 is 1.80 bits per heavy atom. The van der Waals surface area contributed by atoms with Gasteiger partial charge >= 0.3 is 0 Å². The van der Waals surface area contributed by atoms with Gasteiger partial charge in [-0.1, -0.05) is 17.7 Å². The molecule has 1 rings (SSSR count). The van der Waals surface area contributed by atoms with Crippen LogP contribution in [0.5, 0.6) is 5.75 Å². The molecular weight excluding hydrogens is 202 g/mol. The molecule has 4 heteroatoms. The van der Waals surface area contributed by atoms with Crippen LogP contribution in [0, 0.1) is 6.92 Å². The Morgan fingerprint density at radius 3 is 2.40 bits per heavy atom. The van der Waals surface area contributed by atoms with Crippen LogP contribution in [0.3, 0.4) is 0 Å². The van der Waals surface area contributed by atoms with Gasteiger partial charge in [-0.2, -0.15) is 0 Å². The first-order valence-electron chi connectivity index (χ1n) is 4.74. The highest BCUT2D eigenvalue weighted by atomic mass is 19.3. The second-order valence-electron chi connectivity index (χ2n) is 3.13. The maximum absolute atomic E-state index is 11.7. The lowest BCUT2D eigenvalue weighted by atomic mass is 10.2. The first kappa shape index (κ1) is 11.9. The van der Waals surface area contributed by atoms with Crippen LogP contribution in [0.4, 0.5) is 8.78 Å². The molecule has 0 N–H and O–H groups in total. The van der Waals surface area contributed by atoms with E-state index < -0.39 is 13.0 Å². The van der Waals surface area contributed by atoms with E-state index in [1.165, 1.54) is 0 Å². The van der Waals surface area contributed by atoms with Crippen molar-refractivity contribution in [3.8, 4) is 5.75 Å². The predicted octanol–water partition coefficient (Wildman–Crippen LogP) is 2.66. The molecule has 1 aromatic carbocycles. The topological polar surface area (TPSA) is 18.5 Å². The zero-order valence-electron chi connectivity index (χ0n) is 8.58. The number of hydrogen-bond donors (Lipinski definition) is 0. The Morgan fingerprint density at radius 1 is 1.13 bits per heavy atom. The molecule has 15 heavy (non-hydrogen) atoms. The normalized spacial score (nSPS) is 10.7. The van der Waals surface area contributed by atoms with Gasteiger partial charge in [0.1, 0.15) is 19.0 Å². The number of rotatable bonds is 6. The lowest BCUT2D eigenvalue weighted by Crippen LogP contribution is -2.11. The Hall–Kier alpha value is -1.16. The molecule has 0 heterocycles. The van der Waals surface area contributed by atoms with Gasteiger partial charge in [0, 0.05) is 0 Å². The van der Waals surface area contributed by atoms with Gasteiger partial charge in [-0.15, -0.1) is 0 Å². The molecule has 0 atom stereocenters. The summed E-state index contributed by atoms with van der Waals surface area (Å²) < 4.78 is 33.3. The molecule has 0 spiro atoms. The summed E-state index contributed by atoms with van der Waals surface area (Å²) in [5.74, 6) is 0.723. The number of aryl methyl sites for hydroxylation is 1. The highest BCUT2D eigenvalue weighted by Crippen LogP contribution is 2.10. The average molecular weight is 216 g/mol. The average Bonchev–Trinajstić information content (AvgIpc) is 2.20. The van der Waals surface area contributed by atoms with E-state index in [4.69, 9.17) is 4.74 Å². The van der Waals surface area contributed by atoms with Crippen LogP contribution in [0.25, 0.3) is 0 Å². The number of ether oxygens (including phenoxy) is 2. The molecule has 2 nitrogen and oxygen atoms in total. The van der Waals surface area contributed by atoms with Crippen LogP contribution in [0.2, 0.25) is 0 Å². The highest BCUT2D eigenvalue weighted by Gasteiger charge is 2.01. The van der Waals surface area contributed by atoms with Gasteiger partial charge in [-0.3, -0.25) is 0 Å². The van der Waals surface area contributed by atoms with Crippen molar-refractivity contribution < 1.29 is 18.3 Å². The number of alkyl halides is 2. The van der Waals surface area contributed by atoms with Crippen molar-refractivity contribution in [1.82, 2.24) is 0 Å². The summed E-state index contributed by atoms with van der Waals surface area (Å²) in [4.78, 5) is 0. The molecule has 0 aromatic heterocycles. The standard InChI is InChI=1S/C11H14F2O2/c1-9-2-4-10(5-3-9)15-7-6-14-8-11(12)13/h2-5,11H,6-8H2,1H3.